The van der Waals surface area contributed by atoms with Gasteiger partial charge >= 0.3 is 0 Å². The molecule has 29 heavy (non-hydrogen) atoms. The molecule has 0 saturated heterocycles. The Hall–Kier alpha value is -2.41. The third kappa shape index (κ3) is 4.61. The fraction of sp³-hybridized carbons (Fsp3) is 0.217. The van der Waals surface area contributed by atoms with Crippen LogP contribution in [0.3, 0.4) is 0 Å². The third-order valence-electron chi connectivity index (χ3n) is 5.24. The van der Waals surface area contributed by atoms with Crippen LogP contribution >= 0.6 is 0 Å². The molecule has 0 aromatic heterocycles. The molecule has 0 spiro atoms. The highest BCUT2D eigenvalue weighted by Gasteiger charge is 2.31. The summed E-state index contributed by atoms with van der Waals surface area (Å²) >= 11 is 0. The van der Waals surface area contributed by atoms with Crippen molar-refractivity contribution in [1.82, 2.24) is 0 Å². The topological polar surface area (TPSA) is 92.7 Å². The van der Waals surface area contributed by atoms with Gasteiger partial charge in [-0.2, -0.15) is 14.0 Å². The molecule has 0 amide bonds. The van der Waals surface area contributed by atoms with Crippen LogP contribution in [0.2, 0.25) is 0 Å². The van der Waals surface area contributed by atoms with Gasteiger partial charge in [-0.1, -0.05) is 54.1 Å². The van der Waals surface area contributed by atoms with Crippen LogP contribution in [-0.2, 0) is 0 Å². The van der Waals surface area contributed by atoms with Gasteiger partial charge < -0.3 is 4.90 Å². The number of fused-ring (bicyclic) bond motifs is 2. The first kappa shape index (κ1) is 21.3. The molecule has 1 aliphatic rings. The minimum atomic E-state index is -4.69. The van der Waals surface area contributed by atoms with E-state index < -0.39 is 10.2 Å². The molecular formula is C23H24ClNO4. The van der Waals surface area contributed by atoms with Gasteiger partial charge in [0, 0.05) is 24.3 Å². The summed E-state index contributed by atoms with van der Waals surface area (Å²) in [4.78, 5) is 2.32. The maximum atomic E-state index is 8.60. The fourth-order valence-electron chi connectivity index (χ4n) is 4.33. The minimum absolute atomic E-state index is 0.300. The smallest absolute Gasteiger partial charge is 0.0777 e. The number of nitrogens with zero attached hydrogens (tertiary/aromatic N) is 1. The van der Waals surface area contributed by atoms with Gasteiger partial charge in [0.2, 0.25) is 0 Å². The lowest BCUT2D eigenvalue weighted by Gasteiger charge is -2.36. The lowest BCUT2D eigenvalue weighted by atomic mass is 9.77. The molecule has 0 bridgehead atoms. The molecule has 0 atom stereocenters. The van der Waals surface area contributed by atoms with Gasteiger partial charge in [0.15, 0.2) is 0 Å². The molecule has 6 heteroatoms. The van der Waals surface area contributed by atoms with E-state index in [1.54, 1.807) is 0 Å². The first-order valence-electron chi connectivity index (χ1n) is 9.20. The maximum absolute atomic E-state index is 8.60. The normalized spacial score (nSPS) is 13.3. The number of hydrogen-bond donors (Lipinski definition) is 1. The van der Waals surface area contributed by atoms with Crippen molar-refractivity contribution in [2.45, 2.75) is 26.7 Å². The molecule has 4 rings (SSSR count). The number of benzene rings is 3. The molecule has 0 saturated carbocycles. The predicted molar refractivity (Wildman–Crippen MR) is 105 cm³/mol. The number of hydrogen-bond acceptors (Lipinski definition) is 5. The number of para-hydroxylation sites is 2. The van der Waals surface area contributed by atoms with E-state index in [4.69, 9.17) is 18.6 Å². The lowest BCUT2D eigenvalue weighted by molar-refractivity contribution is -1.92. The first-order valence-corrected chi connectivity index (χ1v) is 10.5. The zero-order chi connectivity index (χ0) is 21.3. The second-order valence-corrected chi connectivity index (χ2v) is 8.11. The lowest BCUT2D eigenvalue weighted by Crippen LogP contribution is -2.58. The molecule has 0 fully saturated rings. The summed E-state index contributed by atoms with van der Waals surface area (Å²) < 4.78 is 32.7. The van der Waals surface area contributed by atoms with Crippen LogP contribution in [0, 0.1) is 31.0 Å². The van der Waals surface area contributed by atoms with Crippen molar-refractivity contribution in [3.63, 3.8) is 0 Å². The second kappa shape index (κ2) is 8.14. The summed E-state index contributed by atoms with van der Waals surface area (Å²) in [5, 5.41) is 0. The van der Waals surface area contributed by atoms with Crippen molar-refractivity contribution in [3.05, 3.63) is 94.0 Å². The van der Waals surface area contributed by atoms with Crippen LogP contribution in [0.25, 0.3) is 0 Å². The quantitative estimate of drug-likeness (QED) is 0.656. The molecule has 1 aliphatic heterocycles. The van der Waals surface area contributed by atoms with Gasteiger partial charge in [-0.3, -0.25) is 0 Å². The fourth-order valence-corrected chi connectivity index (χ4v) is 4.33. The monoisotopic (exact) mass is 413 g/mol. The maximum Gasteiger partial charge on any atom is 0.0777 e. The van der Waals surface area contributed by atoms with Crippen LogP contribution in [-0.4, -0.2) is 11.7 Å². The van der Waals surface area contributed by atoms with Crippen LogP contribution in [0.4, 0.5) is 11.4 Å². The van der Waals surface area contributed by atoms with E-state index in [2.05, 4.69) is 93.4 Å². The Morgan fingerprint density at radius 2 is 1.17 bits per heavy atom. The Labute approximate surface area is 173 Å². The SMILES string of the molecule is Cc1cc(C)c(C2c3ccccc3N(C)c3ccccc32)c(C)c1.[O-][Cl+3]([O-])([O-])O. The van der Waals surface area contributed by atoms with Gasteiger partial charge in [0.25, 0.3) is 0 Å². The van der Waals surface area contributed by atoms with E-state index in [0.29, 0.717) is 5.92 Å². The summed E-state index contributed by atoms with van der Waals surface area (Å²) in [6.45, 7) is 6.68. The molecule has 5 nitrogen and oxygen atoms in total. The van der Waals surface area contributed by atoms with Gasteiger partial charge in [-0.05, 0) is 60.7 Å². The van der Waals surface area contributed by atoms with E-state index in [-0.39, 0.29) is 0 Å². The Kier molecular flexibility index (Phi) is 5.98. The zero-order valence-corrected chi connectivity index (χ0v) is 17.6. The molecule has 1 N–H and O–H groups in total. The summed E-state index contributed by atoms with van der Waals surface area (Å²) in [5.41, 5.74) is 11.0. The third-order valence-corrected chi connectivity index (χ3v) is 5.24. The number of halogens is 1. The zero-order valence-electron chi connectivity index (χ0n) is 16.8. The Bertz CT molecular complexity index is 953. The minimum Gasteiger partial charge on any atom is -0.344 e. The molecule has 3 aromatic rings. The first-order chi connectivity index (χ1) is 13.6. The molecule has 0 radical (unpaired) electrons. The average molecular weight is 414 g/mol. The summed E-state index contributed by atoms with van der Waals surface area (Å²) in [6, 6.07) is 22.2. The van der Waals surface area contributed by atoms with Crippen molar-refractivity contribution in [2.24, 2.45) is 0 Å². The van der Waals surface area contributed by atoms with Crippen molar-refractivity contribution < 1.29 is 28.9 Å². The summed E-state index contributed by atoms with van der Waals surface area (Å²) in [7, 11) is -2.53. The van der Waals surface area contributed by atoms with Crippen molar-refractivity contribution in [2.75, 3.05) is 11.9 Å². The predicted octanol–water partition coefficient (Wildman–Crippen LogP) is 1.75. The van der Waals surface area contributed by atoms with Crippen LogP contribution in [0.1, 0.15) is 39.3 Å². The number of rotatable bonds is 1. The second-order valence-electron chi connectivity index (χ2n) is 7.32. The van der Waals surface area contributed by atoms with Crippen molar-refractivity contribution >= 4 is 11.4 Å². The Morgan fingerprint density at radius 3 is 1.59 bits per heavy atom. The molecule has 3 aromatic carbocycles. The Morgan fingerprint density at radius 1 is 0.793 bits per heavy atom. The molecule has 152 valence electrons. The van der Waals surface area contributed by atoms with E-state index in [1.165, 1.54) is 44.8 Å². The van der Waals surface area contributed by atoms with E-state index in [9.17, 15) is 0 Å². The van der Waals surface area contributed by atoms with Gasteiger partial charge in [0.05, 0.1) is 14.9 Å². The number of aryl methyl sites for hydroxylation is 3. The van der Waals surface area contributed by atoms with Gasteiger partial charge in [-0.15, -0.1) is 0 Å². The van der Waals surface area contributed by atoms with Crippen LogP contribution in [0.5, 0.6) is 0 Å². The van der Waals surface area contributed by atoms with Gasteiger partial charge in [-0.25, -0.2) is 0 Å². The average Bonchev–Trinajstić information content (AvgIpc) is 2.62. The van der Waals surface area contributed by atoms with E-state index >= 15 is 0 Å². The van der Waals surface area contributed by atoms with E-state index in [0.717, 1.165) is 0 Å². The number of anilines is 2. The highest BCUT2D eigenvalue weighted by Crippen LogP contribution is 2.48. The largest absolute Gasteiger partial charge is 0.344 e. The molecule has 0 aliphatic carbocycles. The van der Waals surface area contributed by atoms with Gasteiger partial charge in [0.1, 0.15) is 0 Å². The standard InChI is InChI=1S/C23H23N.ClHO4/c1-15-13-16(2)22(17(3)14-15)23-18-9-5-7-11-20(18)24(4)21-12-8-6-10-19(21)23;2-1(3,4)5/h5-14,23H,1-4H3;(H,2,3,4,5). The highest BCUT2D eigenvalue weighted by molar-refractivity contribution is 5.78. The Balaban J connectivity index is 0.000000431. The molecular weight excluding hydrogens is 390 g/mol. The van der Waals surface area contributed by atoms with Crippen molar-refractivity contribution in [3.8, 4) is 0 Å². The van der Waals surface area contributed by atoms with Crippen molar-refractivity contribution in [1.29, 1.82) is 0 Å². The highest BCUT2D eigenvalue weighted by atomic mass is 35.7. The summed E-state index contributed by atoms with van der Waals surface area (Å²) in [5.74, 6) is 0.300. The van der Waals surface area contributed by atoms with E-state index in [1.807, 2.05) is 0 Å². The summed E-state index contributed by atoms with van der Waals surface area (Å²) in [6.07, 6.45) is 0. The van der Waals surface area contributed by atoms with Crippen LogP contribution in [0.15, 0.2) is 60.7 Å². The van der Waals surface area contributed by atoms with Crippen LogP contribution < -0.4 is 18.9 Å². The molecule has 0 unspecified atom stereocenters. The molecule has 1 heterocycles.